The molecule has 0 unspecified atom stereocenters. The molecule has 0 radical (unpaired) electrons. The van der Waals surface area contributed by atoms with Crippen LogP contribution in [-0.2, 0) is 0 Å². The average Bonchev–Trinajstić information content (AvgIpc) is 2.03. The Kier molecular flexibility index (Phi) is 5.83. The summed E-state index contributed by atoms with van der Waals surface area (Å²) in [6, 6.07) is 3.95. The molecular weight excluding hydrogens is 195 g/mol. The van der Waals surface area contributed by atoms with Crippen LogP contribution in [0.5, 0.6) is 11.5 Å². The molecule has 4 heteroatoms. The Hall–Kier alpha value is 0.126. The Morgan fingerprint density at radius 2 is 2.00 bits per heavy atom. The Balaban J connectivity index is 0.00000144. The van der Waals surface area contributed by atoms with Crippen molar-refractivity contribution in [2.75, 3.05) is 0 Å². The van der Waals surface area contributed by atoms with E-state index in [-0.39, 0.29) is 74.2 Å². The molecule has 13 heavy (non-hydrogen) atoms. The van der Waals surface area contributed by atoms with Crippen molar-refractivity contribution in [3.8, 4) is 11.5 Å². The van der Waals surface area contributed by atoms with Gasteiger partial charge in [-0.3, -0.25) is 4.79 Å². The molecule has 0 aliphatic rings. The number of hydrogen-bond donors (Lipinski definition) is 2. The average molecular weight is 206 g/mol. The van der Waals surface area contributed by atoms with Gasteiger partial charge in [-0.15, -0.1) is 0 Å². The molecule has 0 bridgehead atoms. The number of benzene rings is 1. The van der Waals surface area contributed by atoms with E-state index in [9.17, 15) is 9.90 Å². The fraction of sp³-hybridized carbons (Fsp3) is 0.222. The second kappa shape index (κ2) is 5.77. The van der Waals surface area contributed by atoms with Crippen molar-refractivity contribution >= 4 is 57.2 Å². The molecule has 0 aromatic heterocycles. The fourth-order valence-corrected chi connectivity index (χ4v) is 0.946. The van der Waals surface area contributed by atoms with E-state index in [0.29, 0.717) is 6.42 Å². The fourth-order valence-electron chi connectivity index (χ4n) is 0.946. The van der Waals surface area contributed by atoms with E-state index in [4.69, 9.17) is 5.11 Å². The van der Waals surface area contributed by atoms with Crippen LogP contribution < -0.4 is 0 Å². The zero-order chi connectivity index (χ0) is 9.14. The van der Waals surface area contributed by atoms with Gasteiger partial charge in [0, 0.05) is 12.5 Å². The molecule has 0 saturated heterocycles. The third-order valence-electron chi connectivity index (χ3n) is 1.60. The van der Waals surface area contributed by atoms with Crippen LogP contribution in [0, 0.1) is 0 Å². The van der Waals surface area contributed by atoms with Crippen LogP contribution in [0.4, 0.5) is 0 Å². The second-order valence-corrected chi connectivity index (χ2v) is 2.48. The van der Waals surface area contributed by atoms with E-state index in [1.165, 1.54) is 12.1 Å². The second-order valence-electron chi connectivity index (χ2n) is 2.48. The van der Waals surface area contributed by atoms with Crippen molar-refractivity contribution in [1.82, 2.24) is 0 Å². The molecule has 1 aromatic rings. The van der Waals surface area contributed by atoms with Crippen LogP contribution in [0.15, 0.2) is 18.2 Å². The molecule has 0 aliphatic carbocycles. The van der Waals surface area contributed by atoms with Crippen molar-refractivity contribution in [3.63, 3.8) is 0 Å². The van der Waals surface area contributed by atoms with E-state index >= 15 is 0 Å². The first-order valence-electron chi connectivity index (χ1n) is 3.70. The van der Waals surface area contributed by atoms with Gasteiger partial charge in [-0.25, -0.2) is 0 Å². The summed E-state index contributed by atoms with van der Waals surface area (Å²) in [6.45, 7) is 1.72. The van der Waals surface area contributed by atoms with Crippen LogP contribution in [0.3, 0.4) is 0 Å². The quantitative estimate of drug-likeness (QED) is 0.561. The number of phenols is 2. The predicted molar refractivity (Wildman–Crippen MR) is 51.5 cm³/mol. The van der Waals surface area contributed by atoms with E-state index in [0.717, 1.165) is 6.07 Å². The number of hydrogen-bond acceptors (Lipinski definition) is 3. The summed E-state index contributed by atoms with van der Waals surface area (Å²) in [6.07, 6.45) is 0.346. The van der Waals surface area contributed by atoms with Crippen LogP contribution in [0.2, 0.25) is 0 Å². The van der Waals surface area contributed by atoms with Crippen molar-refractivity contribution in [2.45, 2.75) is 13.3 Å². The number of ketones is 1. The van der Waals surface area contributed by atoms with Gasteiger partial charge in [0.1, 0.15) is 11.5 Å². The molecule has 0 aliphatic heterocycles. The minimum atomic E-state index is -0.165. The Labute approximate surface area is 119 Å². The molecule has 0 fully saturated rings. The first-order chi connectivity index (χ1) is 5.65. The molecule has 0 saturated carbocycles. The summed E-state index contributed by atoms with van der Waals surface area (Å²) in [5.74, 6) is -0.338. The van der Waals surface area contributed by atoms with Gasteiger partial charge in [-0.05, 0) is 12.1 Å². The third-order valence-corrected chi connectivity index (χ3v) is 1.60. The van der Waals surface area contributed by atoms with Gasteiger partial charge >= 0.3 is 51.4 Å². The Morgan fingerprint density at radius 1 is 1.38 bits per heavy atom. The first kappa shape index (κ1) is 13.1. The maximum absolute atomic E-state index is 11.1. The van der Waals surface area contributed by atoms with Crippen molar-refractivity contribution in [1.29, 1.82) is 0 Å². The van der Waals surface area contributed by atoms with Crippen LogP contribution in [-0.4, -0.2) is 67.4 Å². The van der Waals surface area contributed by atoms with Gasteiger partial charge in [0.2, 0.25) is 0 Å². The zero-order valence-electron chi connectivity index (χ0n) is 6.74. The standard InChI is InChI=1S/C9H10O3.K.H/c1-2-8(11)7-4-3-6(10)5-9(7)12;;/h3-5,10,12H,2H2,1H3;;. The van der Waals surface area contributed by atoms with E-state index in [2.05, 4.69) is 0 Å². The van der Waals surface area contributed by atoms with Gasteiger partial charge in [-0.2, -0.15) is 0 Å². The summed E-state index contributed by atoms with van der Waals surface area (Å²) in [5.41, 5.74) is 0.260. The summed E-state index contributed by atoms with van der Waals surface area (Å²) in [5, 5.41) is 18.1. The van der Waals surface area contributed by atoms with Gasteiger partial charge in [0.15, 0.2) is 5.78 Å². The van der Waals surface area contributed by atoms with Gasteiger partial charge in [0.25, 0.3) is 0 Å². The van der Waals surface area contributed by atoms with E-state index in [1.54, 1.807) is 6.92 Å². The molecule has 3 nitrogen and oxygen atoms in total. The van der Waals surface area contributed by atoms with Crippen molar-refractivity contribution in [2.24, 2.45) is 0 Å². The first-order valence-corrected chi connectivity index (χ1v) is 3.70. The Bertz CT molecular complexity index is 310. The topological polar surface area (TPSA) is 57.5 Å². The number of carbonyl (C=O) groups excluding carboxylic acids is 1. The third kappa shape index (κ3) is 3.40. The molecule has 0 amide bonds. The monoisotopic (exact) mass is 206 g/mol. The summed E-state index contributed by atoms with van der Waals surface area (Å²) in [4.78, 5) is 11.1. The predicted octanol–water partition coefficient (Wildman–Crippen LogP) is 1.04. The molecule has 0 heterocycles. The number of phenolic OH excluding ortho intramolecular Hbond substituents is 2. The SMILES string of the molecule is CCC(=O)c1ccc(O)cc1O.[KH]. The van der Waals surface area contributed by atoms with Crippen LogP contribution in [0.25, 0.3) is 0 Å². The molecule has 0 atom stereocenters. The normalized spacial score (nSPS) is 9.00. The Morgan fingerprint density at radius 3 is 2.46 bits per heavy atom. The molecule has 0 spiro atoms. The molecular formula is C9H11KO3. The van der Waals surface area contributed by atoms with E-state index in [1.807, 2.05) is 0 Å². The van der Waals surface area contributed by atoms with Crippen LogP contribution in [0.1, 0.15) is 23.7 Å². The van der Waals surface area contributed by atoms with E-state index < -0.39 is 0 Å². The summed E-state index contributed by atoms with van der Waals surface area (Å²) in [7, 11) is 0. The summed E-state index contributed by atoms with van der Waals surface area (Å²) >= 11 is 0. The number of Topliss-reactive ketones (excluding diaryl/α,β-unsaturated/α-hetero) is 1. The molecule has 1 aromatic carbocycles. The number of aromatic hydroxyl groups is 2. The van der Waals surface area contributed by atoms with Gasteiger partial charge in [-0.1, -0.05) is 6.92 Å². The molecule has 66 valence electrons. The number of carbonyl (C=O) groups is 1. The van der Waals surface area contributed by atoms with Crippen molar-refractivity contribution in [3.05, 3.63) is 23.8 Å². The zero-order valence-corrected chi connectivity index (χ0v) is 6.74. The summed E-state index contributed by atoms with van der Waals surface area (Å²) < 4.78 is 0. The van der Waals surface area contributed by atoms with Crippen molar-refractivity contribution < 1.29 is 15.0 Å². The minimum absolute atomic E-state index is 0. The number of rotatable bonds is 2. The van der Waals surface area contributed by atoms with Gasteiger partial charge < -0.3 is 10.2 Å². The molecule has 1 rings (SSSR count). The molecule has 2 N–H and O–H groups in total. The maximum atomic E-state index is 11.1. The van der Waals surface area contributed by atoms with Crippen LogP contribution >= 0.6 is 0 Å². The van der Waals surface area contributed by atoms with Gasteiger partial charge in [0.05, 0.1) is 5.56 Å².